The number of amides is 1. The van der Waals surface area contributed by atoms with Crippen molar-refractivity contribution in [2.24, 2.45) is 0 Å². The van der Waals surface area contributed by atoms with Crippen molar-refractivity contribution in [2.45, 2.75) is 6.17 Å². The summed E-state index contributed by atoms with van der Waals surface area (Å²) < 4.78 is 0. The van der Waals surface area contributed by atoms with Crippen LogP contribution < -0.4 is 10.6 Å². The Bertz CT molecular complexity index is 866. The maximum Gasteiger partial charge on any atom is 0.263 e. The number of hydrogen-bond acceptors (Lipinski definition) is 4. The van der Waals surface area contributed by atoms with Crippen molar-refractivity contribution in [1.82, 2.24) is 5.32 Å². The van der Waals surface area contributed by atoms with Gasteiger partial charge in [-0.3, -0.25) is 9.59 Å². The molecule has 0 unspecified atom stereocenters. The number of benzene rings is 2. The van der Waals surface area contributed by atoms with Crippen molar-refractivity contribution >= 4 is 40.3 Å². The van der Waals surface area contributed by atoms with Crippen LogP contribution in [0, 0.1) is 0 Å². The quantitative estimate of drug-likeness (QED) is 0.497. The van der Waals surface area contributed by atoms with E-state index in [9.17, 15) is 9.59 Å². The van der Waals surface area contributed by atoms with Crippen molar-refractivity contribution in [2.75, 3.05) is 5.32 Å². The highest BCUT2D eigenvalue weighted by Crippen LogP contribution is 2.17. The molecule has 2 N–H and O–H groups in total. The van der Waals surface area contributed by atoms with Crippen LogP contribution in [-0.4, -0.2) is 17.9 Å². The van der Waals surface area contributed by atoms with Crippen molar-refractivity contribution in [3.05, 3.63) is 87.6 Å². The SMILES string of the molecule is O=C(N[C@H](Nc1cccc(Cl)c1)C(=O)c1ccccc1)c1cccs1. The molecule has 2 aromatic carbocycles. The predicted molar refractivity (Wildman–Crippen MR) is 101 cm³/mol. The zero-order chi connectivity index (χ0) is 17.6. The molecule has 6 heteroatoms. The molecule has 4 nitrogen and oxygen atoms in total. The van der Waals surface area contributed by atoms with E-state index in [0.717, 1.165) is 0 Å². The molecule has 1 aromatic heterocycles. The fraction of sp³-hybridized carbons (Fsp3) is 0.0526. The first-order valence-electron chi connectivity index (χ1n) is 7.59. The third-order valence-corrected chi connectivity index (χ3v) is 4.58. The van der Waals surface area contributed by atoms with Gasteiger partial charge in [-0.2, -0.15) is 0 Å². The van der Waals surface area contributed by atoms with E-state index in [1.807, 2.05) is 11.4 Å². The van der Waals surface area contributed by atoms with Gasteiger partial charge in [0.2, 0.25) is 5.78 Å². The van der Waals surface area contributed by atoms with Gasteiger partial charge in [0.1, 0.15) is 0 Å². The summed E-state index contributed by atoms with van der Waals surface area (Å²) in [4.78, 5) is 25.8. The Labute approximate surface area is 154 Å². The normalized spacial score (nSPS) is 11.6. The van der Waals surface area contributed by atoms with Gasteiger partial charge in [0, 0.05) is 16.3 Å². The maximum absolute atomic E-state index is 12.8. The smallest absolute Gasteiger partial charge is 0.263 e. The molecule has 0 spiro atoms. The lowest BCUT2D eigenvalue weighted by atomic mass is 10.1. The molecule has 0 saturated heterocycles. The molecule has 3 aromatic rings. The first kappa shape index (κ1) is 17.2. The van der Waals surface area contributed by atoms with Crippen LogP contribution in [0.3, 0.4) is 0 Å². The Morgan fingerprint density at radius 1 is 0.960 bits per heavy atom. The number of ketones is 1. The maximum atomic E-state index is 12.8. The number of anilines is 1. The van der Waals surface area contributed by atoms with Crippen LogP contribution in [0.4, 0.5) is 5.69 Å². The average molecular weight is 371 g/mol. The number of Topliss-reactive ketones (excluding diaryl/α,β-unsaturated/α-hetero) is 1. The number of carbonyl (C=O) groups is 2. The highest BCUT2D eigenvalue weighted by atomic mass is 35.5. The highest BCUT2D eigenvalue weighted by Gasteiger charge is 2.23. The first-order valence-corrected chi connectivity index (χ1v) is 8.85. The Kier molecular flexibility index (Phi) is 5.48. The number of halogens is 1. The van der Waals surface area contributed by atoms with Gasteiger partial charge in [-0.15, -0.1) is 11.3 Å². The van der Waals surface area contributed by atoms with Crippen molar-refractivity contribution in [1.29, 1.82) is 0 Å². The lowest BCUT2D eigenvalue weighted by Crippen LogP contribution is -2.46. The number of carbonyl (C=O) groups excluding carboxylic acids is 2. The van der Waals surface area contributed by atoms with E-state index in [0.29, 0.717) is 21.2 Å². The second-order valence-corrected chi connectivity index (χ2v) is 6.65. The fourth-order valence-electron chi connectivity index (χ4n) is 2.29. The van der Waals surface area contributed by atoms with Gasteiger partial charge in [-0.05, 0) is 29.6 Å². The van der Waals surface area contributed by atoms with E-state index in [-0.39, 0.29) is 11.7 Å². The monoisotopic (exact) mass is 370 g/mol. The van der Waals surface area contributed by atoms with Gasteiger partial charge in [-0.1, -0.05) is 54.1 Å². The molecule has 3 rings (SSSR count). The van der Waals surface area contributed by atoms with E-state index in [1.165, 1.54) is 11.3 Å². The highest BCUT2D eigenvalue weighted by molar-refractivity contribution is 7.12. The second-order valence-electron chi connectivity index (χ2n) is 5.27. The average Bonchev–Trinajstić information content (AvgIpc) is 3.16. The van der Waals surface area contributed by atoms with Crippen LogP contribution in [0.25, 0.3) is 0 Å². The molecular weight excluding hydrogens is 356 g/mol. The molecule has 0 aliphatic carbocycles. The molecule has 1 amide bonds. The fourth-order valence-corrected chi connectivity index (χ4v) is 3.11. The Hall–Kier alpha value is -2.63. The van der Waals surface area contributed by atoms with Crippen LogP contribution in [0.1, 0.15) is 20.0 Å². The summed E-state index contributed by atoms with van der Waals surface area (Å²) in [5.74, 6) is -0.538. The molecule has 0 fully saturated rings. The molecule has 1 heterocycles. The molecule has 126 valence electrons. The first-order chi connectivity index (χ1) is 12.1. The van der Waals surface area contributed by atoms with E-state index >= 15 is 0 Å². The molecule has 0 radical (unpaired) electrons. The molecular formula is C19H15ClN2O2S. The topological polar surface area (TPSA) is 58.2 Å². The summed E-state index contributed by atoms with van der Waals surface area (Å²) in [5.41, 5.74) is 1.15. The van der Waals surface area contributed by atoms with E-state index < -0.39 is 6.17 Å². The molecule has 0 aliphatic rings. The summed E-state index contributed by atoms with van der Waals surface area (Å²) in [5, 5.41) is 8.16. The summed E-state index contributed by atoms with van der Waals surface area (Å²) in [6.07, 6.45) is -0.907. The molecule has 25 heavy (non-hydrogen) atoms. The van der Waals surface area contributed by atoms with Crippen LogP contribution in [0.2, 0.25) is 5.02 Å². The Morgan fingerprint density at radius 2 is 1.76 bits per heavy atom. The van der Waals surface area contributed by atoms with Crippen molar-refractivity contribution in [3.8, 4) is 0 Å². The van der Waals surface area contributed by atoms with Crippen LogP contribution >= 0.6 is 22.9 Å². The zero-order valence-corrected chi connectivity index (χ0v) is 14.7. The van der Waals surface area contributed by atoms with Gasteiger partial charge >= 0.3 is 0 Å². The third kappa shape index (κ3) is 4.47. The summed E-state index contributed by atoms with van der Waals surface area (Å²) >= 11 is 7.32. The lowest BCUT2D eigenvalue weighted by molar-refractivity contribution is 0.0872. The predicted octanol–water partition coefficient (Wildman–Crippen LogP) is 4.45. The van der Waals surface area contributed by atoms with E-state index in [4.69, 9.17) is 11.6 Å². The van der Waals surface area contributed by atoms with Gasteiger partial charge < -0.3 is 10.6 Å². The van der Waals surface area contributed by atoms with Gasteiger partial charge in [-0.25, -0.2) is 0 Å². The number of hydrogen-bond donors (Lipinski definition) is 2. The number of nitrogens with one attached hydrogen (secondary N) is 2. The van der Waals surface area contributed by atoms with Crippen LogP contribution in [0.5, 0.6) is 0 Å². The molecule has 0 aliphatic heterocycles. The summed E-state index contributed by atoms with van der Waals surface area (Å²) in [7, 11) is 0. The second kappa shape index (κ2) is 7.96. The van der Waals surface area contributed by atoms with Gasteiger partial charge in [0.15, 0.2) is 6.17 Å². The molecule has 1 atom stereocenters. The Morgan fingerprint density at radius 3 is 2.44 bits per heavy atom. The van der Waals surface area contributed by atoms with E-state index in [2.05, 4.69) is 10.6 Å². The van der Waals surface area contributed by atoms with Crippen LogP contribution in [0.15, 0.2) is 72.1 Å². The summed E-state index contributed by atoms with van der Waals surface area (Å²) in [6.45, 7) is 0. The zero-order valence-electron chi connectivity index (χ0n) is 13.1. The van der Waals surface area contributed by atoms with Crippen LogP contribution in [-0.2, 0) is 0 Å². The molecule has 0 saturated carbocycles. The van der Waals surface area contributed by atoms with Crippen molar-refractivity contribution in [3.63, 3.8) is 0 Å². The molecule has 0 bridgehead atoms. The minimum atomic E-state index is -0.907. The minimum absolute atomic E-state index is 0.231. The third-order valence-electron chi connectivity index (χ3n) is 3.48. The standard InChI is InChI=1S/C19H15ClN2O2S/c20-14-8-4-9-15(12-14)21-18(17(23)13-6-2-1-3-7-13)22-19(24)16-10-5-11-25-16/h1-12,18,21H,(H,22,24)/t18-/m0/s1. The van der Waals surface area contributed by atoms with Crippen molar-refractivity contribution < 1.29 is 9.59 Å². The van der Waals surface area contributed by atoms with E-state index in [1.54, 1.807) is 60.7 Å². The lowest BCUT2D eigenvalue weighted by Gasteiger charge is -2.20. The number of rotatable bonds is 6. The number of thiophene rings is 1. The Balaban J connectivity index is 1.85. The van der Waals surface area contributed by atoms with Gasteiger partial charge in [0.05, 0.1) is 4.88 Å². The summed E-state index contributed by atoms with van der Waals surface area (Å²) in [6, 6.07) is 19.3. The van der Waals surface area contributed by atoms with Gasteiger partial charge in [0.25, 0.3) is 5.91 Å². The minimum Gasteiger partial charge on any atom is -0.359 e. The largest absolute Gasteiger partial charge is 0.359 e.